The Morgan fingerprint density at radius 1 is 0.935 bits per heavy atom. The molecule has 1 N–H and O–H groups in total. The number of nitrogens with one attached hydrogen (secondary N) is 1. The van der Waals surface area contributed by atoms with Gasteiger partial charge in [-0.1, -0.05) is 18.2 Å². The van der Waals surface area contributed by atoms with E-state index in [1.807, 2.05) is 18.2 Å². The quantitative estimate of drug-likeness (QED) is 0.691. The van der Waals surface area contributed by atoms with Crippen molar-refractivity contribution < 1.29 is 23.8 Å². The summed E-state index contributed by atoms with van der Waals surface area (Å²) in [5, 5.41) is 3.05. The van der Waals surface area contributed by atoms with Gasteiger partial charge in [-0.05, 0) is 37.1 Å². The third kappa shape index (κ3) is 5.57. The maximum absolute atomic E-state index is 12.7. The Hall–Kier alpha value is -3.48. The van der Waals surface area contributed by atoms with Crippen LogP contribution in [-0.4, -0.2) is 57.2 Å². The van der Waals surface area contributed by atoms with Crippen LogP contribution in [0.2, 0.25) is 0 Å². The lowest BCUT2D eigenvalue weighted by atomic mass is 10.0. The van der Waals surface area contributed by atoms with E-state index in [1.54, 1.807) is 56.6 Å². The first-order chi connectivity index (χ1) is 15.0. The van der Waals surface area contributed by atoms with Crippen LogP contribution in [0.4, 0.5) is 0 Å². The van der Waals surface area contributed by atoms with E-state index in [-0.39, 0.29) is 17.9 Å². The average molecular weight is 424 g/mol. The molecule has 0 aromatic heterocycles. The first-order valence-electron chi connectivity index (χ1n) is 10.2. The van der Waals surface area contributed by atoms with Gasteiger partial charge in [0.05, 0.1) is 21.3 Å². The number of piperidine rings is 1. The third-order valence-corrected chi connectivity index (χ3v) is 5.32. The van der Waals surface area contributed by atoms with Crippen LogP contribution in [0.25, 0.3) is 6.08 Å². The minimum Gasteiger partial charge on any atom is -0.496 e. The molecule has 0 spiro atoms. The molecule has 0 bridgehead atoms. The van der Waals surface area contributed by atoms with Crippen molar-refractivity contribution in [1.29, 1.82) is 0 Å². The molecule has 0 unspecified atom stereocenters. The van der Waals surface area contributed by atoms with Gasteiger partial charge in [0.15, 0.2) is 11.5 Å². The standard InChI is InChI=1S/C24H28N2O5/c1-29-20-16-22(31-3)21(30-2)15-18(20)9-10-23(27)26-13-11-19(12-14-26)25-24(28)17-7-5-4-6-8-17/h4-10,15-16,19H,11-14H2,1-3H3,(H,25,28)/b10-9+. The van der Waals surface area contributed by atoms with Crippen molar-refractivity contribution in [3.63, 3.8) is 0 Å². The molecule has 7 nitrogen and oxygen atoms in total. The first-order valence-corrected chi connectivity index (χ1v) is 10.2. The van der Waals surface area contributed by atoms with Gasteiger partial charge in [-0.25, -0.2) is 0 Å². The van der Waals surface area contributed by atoms with Gasteiger partial charge in [0.1, 0.15) is 5.75 Å². The predicted molar refractivity (Wildman–Crippen MR) is 119 cm³/mol. The third-order valence-electron chi connectivity index (χ3n) is 5.32. The number of amides is 2. The first kappa shape index (κ1) is 22.2. The van der Waals surface area contributed by atoms with Crippen LogP contribution >= 0.6 is 0 Å². The molecule has 1 heterocycles. The molecule has 3 rings (SSSR count). The molecule has 0 radical (unpaired) electrons. The minimum absolute atomic E-state index is 0.0617. The van der Waals surface area contributed by atoms with E-state index in [0.717, 1.165) is 18.4 Å². The number of carbonyl (C=O) groups excluding carboxylic acids is 2. The van der Waals surface area contributed by atoms with Crippen molar-refractivity contribution in [2.24, 2.45) is 0 Å². The number of hydrogen-bond donors (Lipinski definition) is 1. The zero-order valence-electron chi connectivity index (χ0n) is 18.1. The van der Waals surface area contributed by atoms with E-state index in [1.165, 1.54) is 6.08 Å². The lowest BCUT2D eigenvalue weighted by molar-refractivity contribution is -0.126. The van der Waals surface area contributed by atoms with E-state index in [2.05, 4.69) is 5.32 Å². The highest BCUT2D eigenvalue weighted by Crippen LogP contribution is 2.35. The van der Waals surface area contributed by atoms with Crippen molar-refractivity contribution in [1.82, 2.24) is 10.2 Å². The van der Waals surface area contributed by atoms with Crippen LogP contribution in [0, 0.1) is 0 Å². The summed E-state index contributed by atoms with van der Waals surface area (Å²) in [4.78, 5) is 26.8. The highest BCUT2D eigenvalue weighted by atomic mass is 16.5. The fourth-order valence-corrected chi connectivity index (χ4v) is 3.55. The topological polar surface area (TPSA) is 77.1 Å². The maximum Gasteiger partial charge on any atom is 0.251 e. The molecule has 0 saturated carbocycles. The van der Waals surface area contributed by atoms with Crippen LogP contribution in [0.3, 0.4) is 0 Å². The monoisotopic (exact) mass is 424 g/mol. The second-order valence-electron chi connectivity index (χ2n) is 7.22. The minimum atomic E-state index is -0.0790. The van der Waals surface area contributed by atoms with Gasteiger partial charge in [0.2, 0.25) is 5.91 Å². The number of rotatable bonds is 7. The number of likely N-dealkylation sites (tertiary alicyclic amines) is 1. The van der Waals surface area contributed by atoms with Gasteiger partial charge in [-0.15, -0.1) is 0 Å². The molecule has 1 aliphatic heterocycles. The molecule has 0 atom stereocenters. The molecule has 1 saturated heterocycles. The van der Waals surface area contributed by atoms with Crippen molar-refractivity contribution in [2.45, 2.75) is 18.9 Å². The van der Waals surface area contributed by atoms with E-state index < -0.39 is 0 Å². The van der Waals surface area contributed by atoms with Gasteiger partial charge >= 0.3 is 0 Å². The molecule has 0 aliphatic carbocycles. The molecule has 2 aromatic carbocycles. The molecule has 2 aromatic rings. The van der Waals surface area contributed by atoms with Gasteiger partial charge in [0.25, 0.3) is 5.91 Å². The highest BCUT2D eigenvalue weighted by molar-refractivity contribution is 5.94. The van der Waals surface area contributed by atoms with Crippen LogP contribution < -0.4 is 19.5 Å². The average Bonchev–Trinajstić information content (AvgIpc) is 2.82. The van der Waals surface area contributed by atoms with E-state index >= 15 is 0 Å². The van der Waals surface area contributed by atoms with Crippen LogP contribution in [0.5, 0.6) is 17.2 Å². The van der Waals surface area contributed by atoms with Crippen LogP contribution in [0.1, 0.15) is 28.8 Å². The number of carbonyl (C=O) groups is 2. The van der Waals surface area contributed by atoms with Crippen molar-refractivity contribution in [3.8, 4) is 17.2 Å². The number of methoxy groups -OCH3 is 3. The summed E-state index contributed by atoms with van der Waals surface area (Å²) in [7, 11) is 4.68. The summed E-state index contributed by atoms with van der Waals surface area (Å²) in [5.74, 6) is 1.55. The molecule has 1 aliphatic rings. The van der Waals surface area contributed by atoms with Crippen molar-refractivity contribution in [3.05, 3.63) is 59.7 Å². The number of nitrogens with zero attached hydrogens (tertiary/aromatic N) is 1. The van der Waals surface area contributed by atoms with Crippen LogP contribution in [-0.2, 0) is 4.79 Å². The van der Waals surface area contributed by atoms with E-state index in [0.29, 0.717) is 35.9 Å². The predicted octanol–water partition coefficient (Wildman–Crippen LogP) is 3.15. The summed E-state index contributed by atoms with van der Waals surface area (Å²) >= 11 is 0. The van der Waals surface area contributed by atoms with Gasteiger partial charge in [-0.3, -0.25) is 9.59 Å². The smallest absolute Gasteiger partial charge is 0.251 e. The highest BCUT2D eigenvalue weighted by Gasteiger charge is 2.23. The fourth-order valence-electron chi connectivity index (χ4n) is 3.55. The van der Waals surface area contributed by atoms with Gasteiger partial charge in [0, 0.05) is 42.4 Å². The second kappa shape index (κ2) is 10.5. The normalized spacial score (nSPS) is 14.4. The molecular weight excluding hydrogens is 396 g/mol. The van der Waals surface area contributed by atoms with Gasteiger partial charge < -0.3 is 24.4 Å². The number of benzene rings is 2. The Balaban J connectivity index is 1.57. The summed E-state index contributed by atoms with van der Waals surface area (Å²) in [6.45, 7) is 1.18. The SMILES string of the molecule is COc1cc(OC)c(OC)cc1/C=C/C(=O)N1CCC(NC(=O)c2ccccc2)CC1. The summed E-state index contributed by atoms with van der Waals surface area (Å²) < 4.78 is 16.0. The Morgan fingerprint density at radius 3 is 2.16 bits per heavy atom. The summed E-state index contributed by atoms with van der Waals surface area (Å²) in [6, 6.07) is 12.7. The Labute approximate surface area is 182 Å². The lowest BCUT2D eigenvalue weighted by Gasteiger charge is -2.31. The van der Waals surface area contributed by atoms with Crippen molar-refractivity contribution >= 4 is 17.9 Å². The maximum atomic E-state index is 12.7. The Bertz CT molecular complexity index is 934. The van der Waals surface area contributed by atoms with E-state index in [4.69, 9.17) is 14.2 Å². The molecule has 7 heteroatoms. The molecule has 164 valence electrons. The Kier molecular flexibility index (Phi) is 7.54. The fraction of sp³-hybridized carbons (Fsp3) is 0.333. The number of ether oxygens (including phenoxy) is 3. The van der Waals surface area contributed by atoms with Crippen LogP contribution in [0.15, 0.2) is 48.5 Å². The summed E-state index contributed by atoms with van der Waals surface area (Å²) in [5.41, 5.74) is 1.37. The largest absolute Gasteiger partial charge is 0.496 e. The van der Waals surface area contributed by atoms with E-state index in [9.17, 15) is 9.59 Å². The Morgan fingerprint density at radius 2 is 1.55 bits per heavy atom. The second-order valence-corrected chi connectivity index (χ2v) is 7.22. The lowest BCUT2D eigenvalue weighted by Crippen LogP contribution is -2.46. The van der Waals surface area contributed by atoms with Gasteiger partial charge in [-0.2, -0.15) is 0 Å². The summed E-state index contributed by atoms with van der Waals surface area (Å²) in [6.07, 6.45) is 4.69. The molecule has 31 heavy (non-hydrogen) atoms. The number of hydrogen-bond acceptors (Lipinski definition) is 5. The van der Waals surface area contributed by atoms with Crippen molar-refractivity contribution in [2.75, 3.05) is 34.4 Å². The zero-order valence-corrected chi connectivity index (χ0v) is 18.1. The molecule has 1 fully saturated rings. The zero-order chi connectivity index (χ0) is 22.2. The molecular formula is C24H28N2O5. The molecule has 2 amide bonds.